The summed E-state index contributed by atoms with van der Waals surface area (Å²) in [6.07, 6.45) is 0.430. The van der Waals surface area contributed by atoms with Gasteiger partial charge in [-0.05, 0) is 54.2 Å². The number of carbonyl (C=O) groups excluding carboxylic acids is 2. The van der Waals surface area contributed by atoms with E-state index in [1.807, 2.05) is 75.0 Å². The fourth-order valence-electron chi connectivity index (χ4n) is 3.65. The lowest BCUT2D eigenvalue weighted by molar-refractivity contribution is -0.117. The van der Waals surface area contributed by atoms with Crippen molar-refractivity contribution in [2.24, 2.45) is 11.3 Å². The first-order chi connectivity index (χ1) is 15.3. The highest BCUT2D eigenvalue weighted by atomic mass is 35.5. The molecule has 0 bridgehead atoms. The van der Waals surface area contributed by atoms with Crippen molar-refractivity contribution in [1.82, 2.24) is 4.90 Å². The number of anilines is 2. The Labute approximate surface area is 204 Å². The maximum atomic E-state index is 13.6. The molecule has 0 heterocycles. The van der Waals surface area contributed by atoms with E-state index in [-0.39, 0.29) is 29.2 Å². The van der Waals surface area contributed by atoms with Crippen LogP contribution in [0.2, 0.25) is 5.02 Å². The molecule has 5 nitrogen and oxygen atoms in total. The Morgan fingerprint density at radius 2 is 1.67 bits per heavy atom. The second-order valence-electron chi connectivity index (χ2n) is 10.4. The van der Waals surface area contributed by atoms with Gasteiger partial charge >= 0.3 is 0 Å². The lowest BCUT2D eigenvalue weighted by Gasteiger charge is -2.33. The van der Waals surface area contributed by atoms with Crippen molar-refractivity contribution in [3.63, 3.8) is 0 Å². The summed E-state index contributed by atoms with van der Waals surface area (Å²) in [7, 11) is 3.95. The van der Waals surface area contributed by atoms with Crippen LogP contribution in [0.4, 0.5) is 11.4 Å². The third-order valence-corrected chi connectivity index (χ3v) is 6.03. The van der Waals surface area contributed by atoms with E-state index in [1.54, 1.807) is 12.1 Å². The molecule has 0 radical (unpaired) electrons. The van der Waals surface area contributed by atoms with Crippen LogP contribution >= 0.6 is 11.6 Å². The highest BCUT2D eigenvalue weighted by molar-refractivity contribution is 6.33. The number of halogens is 1. The highest BCUT2D eigenvalue weighted by Gasteiger charge is 2.26. The summed E-state index contributed by atoms with van der Waals surface area (Å²) in [5, 5.41) is 3.46. The van der Waals surface area contributed by atoms with Crippen LogP contribution in [0.5, 0.6) is 0 Å². The molecule has 2 aromatic carbocycles. The smallest absolute Gasteiger partial charge is 0.255 e. The van der Waals surface area contributed by atoms with Crippen molar-refractivity contribution < 1.29 is 9.59 Å². The van der Waals surface area contributed by atoms with E-state index in [1.165, 1.54) is 0 Å². The summed E-state index contributed by atoms with van der Waals surface area (Å²) < 4.78 is 0. The zero-order valence-electron chi connectivity index (χ0n) is 21.2. The molecular formula is C27H38ClN3O2. The van der Waals surface area contributed by atoms with Gasteiger partial charge in [-0.2, -0.15) is 0 Å². The van der Waals surface area contributed by atoms with Crippen molar-refractivity contribution in [2.75, 3.05) is 24.3 Å². The van der Waals surface area contributed by atoms with Crippen LogP contribution in [-0.2, 0) is 11.3 Å². The second-order valence-corrected chi connectivity index (χ2v) is 10.8. The lowest BCUT2D eigenvalue weighted by atomic mass is 9.92. The number of hydrogen-bond acceptors (Lipinski definition) is 3. The molecule has 0 aromatic heterocycles. The van der Waals surface area contributed by atoms with Gasteiger partial charge in [-0.25, -0.2) is 0 Å². The monoisotopic (exact) mass is 471 g/mol. The molecule has 0 saturated heterocycles. The maximum Gasteiger partial charge on any atom is 0.255 e. The van der Waals surface area contributed by atoms with E-state index in [9.17, 15) is 9.59 Å². The molecule has 1 atom stereocenters. The minimum Gasteiger partial charge on any atom is -0.377 e. The number of hydrogen-bond donors (Lipinski definition) is 1. The largest absolute Gasteiger partial charge is 0.377 e. The quantitative estimate of drug-likeness (QED) is 0.480. The molecule has 0 aliphatic heterocycles. The topological polar surface area (TPSA) is 52.7 Å². The molecule has 1 N–H and O–H groups in total. The Morgan fingerprint density at radius 1 is 1.03 bits per heavy atom. The third-order valence-electron chi connectivity index (χ3n) is 5.70. The standard InChI is InChI=1S/C27H38ClN3O2/c1-18(2)19(3)31(26(33)22-11-9-10-12-23(22)28)17-20-15-21(13-14-24(20)30(7)8)29-25(32)16-27(4,5)6/h9-15,18-19H,16-17H2,1-8H3,(H,29,32)/t19-/m1/s1. The van der Waals surface area contributed by atoms with Crippen molar-refractivity contribution in [3.05, 3.63) is 58.6 Å². The molecule has 0 aliphatic carbocycles. The molecule has 180 valence electrons. The molecule has 2 amide bonds. The SMILES string of the molecule is CC(C)[C@@H](C)N(Cc1cc(NC(=O)CC(C)(C)C)ccc1N(C)C)C(=O)c1ccccc1Cl. The number of nitrogens with zero attached hydrogens (tertiary/aromatic N) is 2. The fourth-order valence-corrected chi connectivity index (χ4v) is 3.86. The van der Waals surface area contributed by atoms with Crippen LogP contribution in [0.15, 0.2) is 42.5 Å². The molecule has 0 fully saturated rings. The number of amides is 2. The van der Waals surface area contributed by atoms with Crippen LogP contribution in [0.25, 0.3) is 0 Å². The predicted molar refractivity (Wildman–Crippen MR) is 139 cm³/mol. The number of benzene rings is 2. The fraction of sp³-hybridized carbons (Fsp3) is 0.481. The molecule has 2 rings (SSSR count). The minimum absolute atomic E-state index is 0.0112. The molecule has 0 saturated carbocycles. The first-order valence-corrected chi connectivity index (χ1v) is 11.8. The molecule has 0 spiro atoms. The van der Waals surface area contributed by atoms with Gasteiger partial charge in [-0.1, -0.05) is 58.4 Å². The van der Waals surface area contributed by atoms with Crippen LogP contribution < -0.4 is 10.2 Å². The van der Waals surface area contributed by atoms with E-state index in [2.05, 4.69) is 26.1 Å². The van der Waals surface area contributed by atoms with Gasteiger partial charge in [0.25, 0.3) is 5.91 Å². The molecule has 0 unspecified atom stereocenters. The Hall–Kier alpha value is -2.53. The van der Waals surface area contributed by atoms with Crippen LogP contribution in [0.3, 0.4) is 0 Å². The van der Waals surface area contributed by atoms with Gasteiger partial charge in [0.2, 0.25) is 5.91 Å². The van der Waals surface area contributed by atoms with Gasteiger partial charge in [0, 0.05) is 44.5 Å². The number of carbonyl (C=O) groups is 2. The first kappa shape index (κ1) is 26.7. The van der Waals surface area contributed by atoms with Gasteiger partial charge < -0.3 is 15.1 Å². The van der Waals surface area contributed by atoms with E-state index in [0.29, 0.717) is 23.6 Å². The van der Waals surface area contributed by atoms with E-state index in [4.69, 9.17) is 11.6 Å². The number of nitrogens with one attached hydrogen (secondary N) is 1. The van der Waals surface area contributed by atoms with Crippen molar-refractivity contribution in [1.29, 1.82) is 0 Å². The Morgan fingerprint density at radius 3 is 2.21 bits per heavy atom. The molecule has 6 heteroatoms. The Balaban J connectivity index is 2.44. The Kier molecular flexibility index (Phi) is 8.96. The maximum absolute atomic E-state index is 13.6. The molecule has 2 aromatic rings. The average molecular weight is 472 g/mol. The second kappa shape index (κ2) is 11.1. The van der Waals surface area contributed by atoms with Crippen molar-refractivity contribution >= 4 is 34.8 Å². The summed E-state index contributed by atoms with van der Waals surface area (Å²) in [5.41, 5.74) is 3.08. The molecule has 0 aliphatic rings. The zero-order chi connectivity index (χ0) is 24.9. The van der Waals surface area contributed by atoms with Gasteiger partial charge in [-0.3, -0.25) is 9.59 Å². The van der Waals surface area contributed by atoms with Crippen LogP contribution in [-0.4, -0.2) is 36.9 Å². The van der Waals surface area contributed by atoms with E-state index < -0.39 is 0 Å². The summed E-state index contributed by atoms with van der Waals surface area (Å²) in [5.74, 6) is 0.133. The normalized spacial score (nSPS) is 12.4. The lowest BCUT2D eigenvalue weighted by Crippen LogP contribution is -2.41. The number of rotatable bonds is 8. The van der Waals surface area contributed by atoms with Gasteiger partial charge in [-0.15, -0.1) is 0 Å². The first-order valence-electron chi connectivity index (χ1n) is 11.5. The van der Waals surface area contributed by atoms with Gasteiger partial charge in [0.1, 0.15) is 0 Å². The van der Waals surface area contributed by atoms with E-state index in [0.717, 1.165) is 16.9 Å². The molecular weight excluding hydrogens is 434 g/mol. The van der Waals surface area contributed by atoms with E-state index >= 15 is 0 Å². The summed E-state index contributed by atoms with van der Waals surface area (Å²) >= 11 is 6.36. The van der Waals surface area contributed by atoms with Crippen LogP contribution in [0, 0.1) is 11.3 Å². The van der Waals surface area contributed by atoms with Crippen molar-refractivity contribution in [2.45, 2.75) is 60.5 Å². The highest BCUT2D eigenvalue weighted by Crippen LogP contribution is 2.29. The average Bonchev–Trinajstić information content (AvgIpc) is 2.69. The molecule has 33 heavy (non-hydrogen) atoms. The summed E-state index contributed by atoms with van der Waals surface area (Å²) in [6.45, 7) is 12.8. The Bertz CT molecular complexity index is 980. The summed E-state index contributed by atoms with van der Waals surface area (Å²) in [4.78, 5) is 30.0. The van der Waals surface area contributed by atoms with Gasteiger partial charge in [0.05, 0.1) is 10.6 Å². The zero-order valence-corrected chi connectivity index (χ0v) is 22.0. The predicted octanol–water partition coefficient (Wildman–Crippen LogP) is 6.47. The summed E-state index contributed by atoms with van der Waals surface area (Å²) in [6, 6.07) is 13.0. The third kappa shape index (κ3) is 7.50. The van der Waals surface area contributed by atoms with Crippen molar-refractivity contribution in [3.8, 4) is 0 Å². The van der Waals surface area contributed by atoms with Crippen LogP contribution in [0.1, 0.15) is 63.9 Å². The minimum atomic E-state index is -0.103. The van der Waals surface area contributed by atoms with Gasteiger partial charge in [0.15, 0.2) is 0 Å².